The number of ether oxygens (including phenoxy) is 1. The molecule has 3 rings (SSSR count). The van der Waals surface area contributed by atoms with Gasteiger partial charge in [-0.2, -0.15) is 0 Å². The van der Waals surface area contributed by atoms with Gasteiger partial charge in [-0.1, -0.05) is 35.9 Å². The van der Waals surface area contributed by atoms with Crippen molar-refractivity contribution in [3.63, 3.8) is 0 Å². The molecule has 0 fully saturated rings. The molecule has 1 aliphatic rings. The molecular weight excluding hydrogens is 288 g/mol. The van der Waals surface area contributed by atoms with Crippen molar-refractivity contribution in [2.75, 3.05) is 11.9 Å². The van der Waals surface area contributed by atoms with Crippen LogP contribution in [0, 0.1) is 6.92 Å². The van der Waals surface area contributed by atoms with Crippen LogP contribution in [0.3, 0.4) is 0 Å². The Morgan fingerprint density at radius 2 is 2.14 bits per heavy atom. The molecule has 1 aromatic carbocycles. The Labute approximate surface area is 128 Å². The fourth-order valence-electron chi connectivity index (χ4n) is 2.47. The Hall–Kier alpha value is -1.91. The zero-order chi connectivity index (χ0) is 14.8. The van der Waals surface area contributed by atoms with E-state index in [1.807, 2.05) is 24.3 Å². The number of pyridine rings is 1. The largest absolute Gasteiger partial charge is 0.363 e. The second-order valence-electron chi connectivity index (χ2n) is 4.96. The second-order valence-corrected chi connectivity index (χ2v) is 5.34. The minimum Gasteiger partial charge on any atom is -0.363 e. The van der Waals surface area contributed by atoms with Gasteiger partial charge < -0.3 is 10.1 Å². The number of carbonyl (C=O) groups is 1. The summed E-state index contributed by atoms with van der Waals surface area (Å²) in [5.41, 5.74) is 3.42. The summed E-state index contributed by atoms with van der Waals surface area (Å²) >= 11 is 5.82. The molecule has 1 unspecified atom stereocenters. The number of benzene rings is 1. The molecule has 2 heterocycles. The number of aryl methyl sites for hydroxylation is 1. The standard InChI is InChI=1S/C16H15ClN2O2/c1-10-13(6-7-14(17)18-10)19-16(20)15-12-5-3-2-4-11(12)8-9-21-15/h2-7,15H,8-9H2,1H3,(H,19,20). The lowest BCUT2D eigenvalue weighted by Gasteiger charge is -2.25. The van der Waals surface area contributed by atoms with Gasteiger partial charge in [-0.05, 0) is 36.6 Å². The number of halogens is 1. The quantitative estimate of drug-likeness (QED) is 0.866. The number of rotatable bonds is 2. The predicted molar refractivity (Wildman–Crippen MR) is 81.5 cm³/mol. The van der Waals surface area contributed by atoms with Crippen LogP contribution in [-0.2, 0) is 16.0 Å². The van der Waals surface area contributed by atoms with Crippen molar-refractivity contribution in [1.82, 2.24) is 4.98 Å². The first-order valence-corrected chi connectivity index (χ1v) is 7.16. The first-order valence-electron chi connectivity index (χ1n) is 6.78. The molecule has 4 nitrogen and oxygen atoms in total. The molecule has 1 amide bonds. The normalized spacial score (nSPS) is 17.1. The molecule has 0 bridgehead atoms. The van der Waals surface area contributed by atoms with Crippen LogP contribution in [0.4, 0.5) is 5.69 Å². The average Bonchev–Trinajstić information content (AvgIpc) is 2.49. The van der Waals surface area contributed by atoms with E-state index in [1.165, 1.54) is 0 Å². The number of hydrogen-bond donors (Lipinski definition) is 1. The first-order chi connectivity index (χ1) is 10.1. The summed E-state index contributed by atoms with van der Waals surface area (Å²) < 4.78 is 5.64. The summed E-state index contributed by atoms with van der Waals surface area (Å²) in [7, 11) is 0. The lowest BCUT2D eigenvalue weighted by molar-refractivity contribution is -0.128. The Morgan fingerprint density at radius 1 is 1.33 bits per heavy atom. The van der Waals surface area contributed by atoms with Gasteiger partial charge in [0.25, 0.3) is 5.91 Å². The van der Waals surface area contributed by atoms with Gasteiger partial charge >= 0.3 is 0 Å². The number of anilines is 1. The highest BCUT2D eigenvalue weighted by molar-refractivity contribution is 6.29. The summed E-state index contributed by atoms with van der Waals surface area (Å²) in [6.07, 6.45) is 0.256. The van der Waals surface area contributed by atoms with E-state index >= 15 is 0 Å². The van der Waals surface area contributed by atoms with E-state index in [1.54, 1.807) is 19.1 Å². The summed E-state index contributed by atoms with van der Waals surface area (Å²) in [4.78, 5) is 16.6. The monoisotopic (exact) mass is 302 g/mol. The van der Waals surface area contributed by atoms with Crippen molar-refractivity contribution in [3.8, 4) is 0 Å². The number of aromatic nitrogens is 1. The number of carbonyl (C=O) groups excluding carboxylic acids is 1. The lowest BCUT2D eigenvalue weighted by Crippen LogP contribution is -2.28. The third kappa shape index (κ3) is 2.91. The van der Waals surface area contributed by atoms with Gasteiger partial charge in [0.2, 0.25) is 0 Å². The minimum atomic E-state index is -0.579. The summed E-state index contributed by atoms with van der Waals surface area (Å²) in [6, 6.07) is 11.3. The highest BCUT2D eigenvalue weighted by Crippen LogP contribution is 2.28. The molecule has 1 aromatic heterocycles. The van der Waals surface area contributed by atoms with E-state index in [9.17, 15) is 4.79 Å². The van der Waals surface area contributed by atoms with Crippen LogP contribution in [0.5, 0.6) is 0 Å². The van der Waals surface area contributed by atoms with Gasteiger partial charge in [0.1, 0.15) is 5.15 Å². The van der Waals surface area contributed by atoms with Crippen LogP contribution in [0.15, 0.2) is 36.4 Å². The molecule has 2 aromatic rings. The highest BCUT2D eigenvalue weighted by Gasteiger charge is 2.27. The van der Waals surface area contributed by atoms with Gasteiger partial charge in [0.15, 0.2) is 6.10 Å². The van der Waals surface area contributed by atoms with Crippen molar-refractivity contribution in [3.05, 3.63) is 58.4 Å². The Bertz CT molecular complexity index is 688. The highest BCUT2D eigenvalue weighted by atomic mass is 35.5. The summed E-state index contributed by atoms with van der Waals surface area (Å²) in [5, 5.41) is 3.27. The van der Waals surface area contributed by atoms with E-state index in [-0.39, 0.29) is 5.91 Å². The molecule has 21 heavy (non-hydrogen) atoms. The molecular formula is C16H15ClN2O2. The lowest BCUT2D eigenvalue weighted by atomic mass is 9.97. The molecule has 0 spiro atoms. The molecule has 1 atom stereocenters. The Morgan fingerprint density at radius 3 is 2.95 bits per heavy atom. The third-order valence-corrected chi connectivity index (χ3v) is 3.75. The van der Waals surface area contributed by atoms with Crippen LogP contribution in [0.1, 0.15) is 22.9 Å². The molecule has 1 aliphatic heterocycles. The summed E-state index contributed by atoms with van der Waals surface area (Å²) in [6.45, 7) is 2.35. The smallest absolute Gasteiger partial charge is 0.258 e. The number of hydrogen-bond acceptors (Lipinski definition) is 3. The van der Waals surface area contributed by atoms with Crippen molar-refractivity contribution >= 4 is 23.2 Å². The van der Waals surface area contributed by atoms with Gasteiger partial charge in [-0.3, -0.25) is 4.79 Å². The van der Waals surface area contributed by atoms with E-state index in [2.05, 4.69) is 10.3 Å². The van der Waals surface area contributed by atoms with Crippen molar-refractivity contribution in [2.45, 2.75) is 19.4 Å². The average molecular weight is 303 g/mol. The fourth-order valence-corrected chi connectivity index (χ4v) is 2.66. The third-order valence-electron chi connectivity index (χ3n) is 3.54. The number of nitrogens with zero attached hydrogens (tertiary/aromatic N) is 1. The van der Waals surface area contributed by atoms with Crippen LogP contribution in [0.2, 0.25) is 5.15 Å². The maximum Gasteiger partial charge on any atom is 0.258 e. The maximum absolute atomic E-state index is 12.5. The summed E-state index contributed by atoms with van der Waals surface area (Å²) in [5.74, 6) is -0.186. The zero-order valence-electron chi connectivity index (χ0n) is 11.6. The van der Waals surface area contributed by atoms with Crippen LogP contribution in [-0.4, -0.2) is 17.5 Å². The van der Waals surface area contributed by atoms with Gasteiger partial charge in [-0.25, -0.2) is 4.98 Å². The van der Waals surface area contributed by atoms with Gasteiger partial charge in [0.05, 0.1) is 18.0 Å². The fraction of sp³-hybridized carbons (Fsp3) is 0.250. The van der Waals surface area contributed by atoms with Crippen molar-refractivity contribution in [2.24, 2.45) is 0 Å². The molecule has 0 saturated heterocycles. The maximum atomic E-state index is 12.5. The number of amides is 1. The second kappa shape index (κ2) is 5.84. The SMILES string of the molecule is Cc1nc(Cl)ccc1NC(=O)C1OCCc2ccccc21. The number of nitrogens with one attached hydrogen (secondary N) is 1. The van der Waals surface area contributed by atoms with Crippen LogP contribution in [0.25, 0.3) is 0 Å². The van der Waals surface area contributed by atoms with E-state index in [0.29, 0.717) is 23.1 Å². The Kier molecular flexibility index (Phi) is 3.90. The van der Waals surface area contributed by atoms with E-state index in [0.717, 1.165) is 17.5 Å². The molecule has 0 aliphatic carbocycles. The Balaban J connectivity index is 1.83. The molecule has 108 valence electrons. The van der Waals surface area contributed by atoms with Crippen LogP contribution < -0.4 is 5.32 Å². The van der Waals surface area contributed by atoms with Crippen molar-refractivity contribution in [1.29, 1.82) is 0 Å². The topological polar surface area (TPSA) is 51.2 Å². The van der Waals surface area contributed by atoms with Crippen LogP contribution >= 0.6 is 11.6 Å². The van der Waals surface area contributed by atoms with Gasteiger partial charge in [-0.15, -0.1) is 0 Å². The zero-order valence-corrected chi connectivity index (χ0v) is 12.4. The molecule has 5 heteroatoms. The molecule has 0 saturated carbocycles. The van der Waals surface area contributed by atoms with Crippen molar-refractivity contribution < 1.29 is 9.53 Å². The van der Waals surface area contributed by atoms with E-state index < -0.39 is 6.10 Å². The van der Waals surface area contributed by atoms with Gasteiger partial charge in [0, 0.05) is 0 Å². The first kappa shape index (κ1) is 14.0. The number of fused-ring (bicyclic) bond motifs is 1. The minimum absolute atomic E-state index is 0.186. The predicted octanol–water partition coefficient (Wildman–Crippen LogP) is 3.30. The molecule has 1 N–H and O–H groups in total. The molecule has 0 radical (unpaired) electrons. The van der Waals surface area contributed by atoms with E-state index in [4.69, 9.17) is 16.3 Å².